The molecule has 2 heterocycles. The molecule has 1 fully saturated rings. The summed E-state index contributed by atoms with van der Waals surface area (Å²) in [6.07, 6.45) is 0. The molecule has 1 saturated heterocycles. The van der Waals surface area contributed by atoms with Crippen LogP contribution in [0.1, 0.15) is 22.3 Å². The van der Waals surface area contributed by atoms with E-state index in [-0.39, 0.29) is 11.8 Å². The topological polar surface area (TPSA) is 65.3 Å². The van der Waals surface area contributed by atoms with Crippen LogP contribution in [0, 0.1) is 20.8 Å². The van der Waals surface area contributed by atoms with Crippen molar-refractivity contribution in [1.29, 1.82) is 0 Å². The van der Waals surface area contributed by atoms with Crippen LogP contribution in [0.3, 0.4) is 0 Å². The lowest BCUT2D eigenvalue weighted by molar-refractivity contribution is -0.123. The van der Waals surface area contributed by atoms with Gasteiger partial charge in [0.25, 0.3) is 11.8 Å². The predicted molar refractivity (Wildman–Crippen MR) is 97.6 cm³/mol. The number of rotatable bonds is 3. The van der Waals surface area contributed by atoms with Crippen molar-refractivity contribution in [3.05, 3.63) is 64.7 Å². The largest absolute Gasteiger partial charge is 0.271 e. The smallest absolute Gasteiger partial charge is 0.263 e. The monoisotopic (exact) mass is 348 g/mol. The number of nitrogens with zero attached hydrogens (tertiary/aromatic N) is 4. The number of benzene rings is 2. The van der Waals surface area contributed by atoms with Crippen LogP contribution < -0.4 is 4.90 Å². The molecule has 2 unspecified atom stereocenters. The molecular weight excluding hydrogens is 328 g/mol. The van der Waals surface area contributed by atoms with Crippen LogP contribution in [-0.4, -0.2) is 28.9 Å². The summed E-state index contributed by atoms with van der Waals surface area (Å²) in [4.78, 5) is 26.9. The first-order valence-electron chi connectivity index (χ1n) is 8.64. The fraction of sp³-hybridized carbons (Fsp3) is 0.300. The minimum absolute atomic E-state index is 0.265. The number of anilines is 1. The van der Waals surface area contributed by atoms with Crippen LogP contribution in [0.15, 0.2) is 52.8 Å². The maximum absolute atomic E-state index is 13.0. The Morgan fingerprint density at radius 1 is 0.923 bits per heavy atom. The zero-order chi connectivity index (χ0) is 18.4. The average Bonchev–Trinajstić information content (AvgIpc) is 3.13. The molecule has 132 valence electrons. The summed E-state index contributed by atoms with van der Waals surface area (Å²) in [6, 6.07) is 12.1. The third kappa shape index (κ3) is 2.58. The molecule has 2 aliphatic heterocycles. The molecule has 0 spiro atoms. The van der Waals surface area contributed by atoms with Gasteiger partial charge in [0.1, 0.15) is 0 Å². The maximum Gasteiger partial charge on any atom is 0.263 e. The Kier molecular flexibility index (Phi) is 3.83. The maximum atomic E-state index is 13.0. The van der Waals surface area contributed by atoms with E-state index < -0.39 is 12.1 Å². The number of hydrogen-bond donors (Lipinski definition) is 0. The predicted octanol–water partition coefficient (Wildman–Crippen LogP) is 3.11. The van der Waals surface area contributed by atoms with Gasteiger partial charge in [0, 0.05) is 0 Å². The average molecular weight is 348 g/mol. The van der Waals surface area contributed by atoms with Crippen LogP contribution in [0.4, 0.5) is 5.69 Å². The number of aryl methyl sites for hydroxylation is 3. The molecule has 6 nitrogen and oxygen atoms in total. The Balaban J connectivity index is 1.62. The highest BCUT2D eigenvalue weighted by Crippen LogP contribution is 2.33. The number of hydrogen-bond acceptors (Lipinski definition) is 5. The second-order valence-electron chi connectivity index (χ2n) is 6.97. The number of fused-ring (bicyclic) bond motifs is 1. The van der Waals surface area contributed by atoms with Gasteiger partial charge in [0.15, 0.2) is 12.1 Å². The third-order valence-electron chi connectivity index (χ3n) is 4.99. The van der Waals surface area contributed by atoms with Crippen LogP contribution in [0.25, 0.3) is 0 Å². The van der Waals surface area contributed by atoms with E-state index in [1.807, 2.05) is 32.9 Å². The number of carbonyl (C=O) groups excluding carboxylic acids is 2. The van der Waals surface area contributed by atoms with Gasteiger partial charge in [-0.1, -0.05) is 46.7 Å². The van der Waals surface area contributed by atoms with Gasteiger partial charge in [-0.25, -0.2) is 4.90 Å². The lowest BCUT2D eigenvalue weighted by Crippen LogP contribution is -2.39. The SMILES string of the molecule is Cc1ccc(N2C(=O)C3N=NN(Cc4cc(C)ccc4C)C3C2=O)cc1. The van der Waals surface area contributed by atoms with Crippen LogP contribution in [0.5, 0.6) is 0 Å². The molecule has 0 aliphatic carbocycles. The first kappa shape index (κ1) is 16.4. The lowest BCUT2D eigenvalue weighted by atomic mass is 10.0. The zero-order valence-corrected chi connectivity index (χ0v) is 15.0. The molecule has 2 atom stereocenters. The summed E-state index contributed by atoms with van der Waals surface area (Å²) in [5, 5.41) is 9.85. The minimum atomic E-state index is -0.756. The summed E-state index contributed by atoms with van der Waals surface area (Å²) >= 11 is 0. The molecule has 2 amide bonds. The van der Waals surface area contributed by atoms with Gasteiger partial charge in [-0.3, -0.25) is 14.6 Å². The van der Waals surface area contributed by atoms with E-state index in [9.17, 15) is 9.59 Å². The number of carbonyl (C=O) groups is 2. The van der Waals surface area contributed by atoms with Crippen LogP contribution in [-0.2, 0) is 16.1 Å². The van der Waals surface area contributed by atoms with Gasteiger partial charge in [-0.15, -0.1) is 0 Å². The van der Waals surface area contributed by atoms with Crippen molar-refractivity contribution in [3.8, 4) is 0 Å². The highest BCUT2D eigenvalue weighted by atomic mass is 16.2. The van der Waals surface area contributed by atoms with Gasteiger partial charge in [-0.05, 0) is 44.0 Å². The highest BCUT2D eigenvalue weighted by Gasteiger charge is 2.54. The summed E-state index contributed by atoms with van der Waals surface area (Å²) in [6.45, 7) is 6.48. The second-order valence-corrected chi connectivity index (χ2v) is 6.97. The van der Waals surface area contributed by atoms with Crippen molar-refractivity contribution in [3.63, 3.8) is 0 Å². The molecule has 0 radical (unpaired) electrons. The van der Waals surface area contributed by atoms with E-state index in [1.165, 1.54) is 4.90 Å². The lowest BCUT2D eigenvalue weighted by Gasteiger charge is -2.21. The summed E-state index contributed by atoms with van der Waals surface area (Å²) in [7, 11) is 0. The molecule has 0 aromatic heterocycles. The van der Waals surface area contributed by atoms with Gasteiger partial charge >= 0.3 is 0 Å². The second kappa shape index (κ2) is 6.05. The summed E-state index contributed by atoms with van der Waals surface area (Å²) in [5.74, 6) is -0.574. The fourth-order valence-corrected chi connectivity index (χ4v) is 3.45. The van der Waals surface area contributed by atoms with Gasteiger partial charge in [0.2, 0.25) is 0 Å². The molecule has 2 aliphatic rings. The molecule has 2 aromatic carbocycles. The van der Waals surface area contributed by atoms with Crippen molar-refractivity contribution >= 4 is 17.5 Å². The van der Waals surface area contributed by atoms with E-state index in [2.05, 4.69) is 28.5 Å². The molecule has 6 heteroatoms. The molecule has 4 rings (SSSR count). The Bertz CT molecular complexity index is 920. The van der Waals surface area contributed by atoms with Crippen molar-refractivity contribution in [2.75, 3.05) is 4.90 Å². The van der Waals surface area contributed by atoms with Crippen molar-refractivity contribution in [2.24, 2.45) is 10.3 Å². The normalized spacial score (nSPS) is 21.7. The van der Waals surface area contributed by atoms with Crippen LogP contribution in [0.2, 0.25) is 0 Å². The first-order chi connectivity index (χ1) is 12.5. The Labute approximate surface area is 152 Å². The molecule has 26 heavy (non-hydrogen) atoms. The summed E-state index contributed by atoms with van der Waals surface area (Å²) in [5.41, 5.74) is 5.01. The molecule has 0 bridgehead atoms. The molecule has 0 saturated carbocycles. The Morgan fingerprint density at radius 3 is 2.35 bits per heavy atom. The van der Waals surface area contributed by atoms with E-state index in [4.69, 9.17) is 0 Å². The van der Waals surface area contributed by atoms with E-state index in [0.29, 0.717) is 12.2 Å². The molecule has 0 N–H and O–H groups in total. The molecule has 2 aromatic rings. The fourth-order valence-electron chi connectivity index (χ4n) is 3.45. The van der Waals surface area contributed by atoms with Crippen molar-refractivity contribution in [1.82, 2.24) is 5.01 Å². The van der Waals surface area contributed by atoms with E-state index in [0.717, 1.165) is 22.3 Å². The Morgan fingerprint density at radius 2 is 1.62 bits per heavy atom. The van der Waals surface area contributed by atoms with E-state index >= 15 is 0 Å². The van der Waals surface area contributed by atoms with Crippen LogP contribution >= 0.6 is 0 Å². The summed E-state index contributed by atoms with van der Waals surface area (Å²) < 4.78 is 0. The number of amides is 2. The standard InChI is InChI=1S/C20H20N4O2/c1-12-5-8-16(9-6-12)24-19(25)17-18(20(24)26)23(22-21-17)11-15-10-13(2)4-7-14(15)3/h4-10,17-18H,11H2,1-3H3. The first-order valence-corrected chi connectivity index (χ1v) is 8.64. The van der Waals surface area contributed by atoms with Crippen molar-refractivity contribution in [2.45, 2.75) is 39.4 Å². The highest BCUT2D eigenvalue weighted by molar-refractivity contribution is 6.25. The molecular formula is C20H20N4O2. The van der Waals surface area contributed by atoms with Gasteiger partial charge in [0.05, 0.1) is 12.2 Å². The van der Waals surface area contributed by atoms with Gasteiger partial charge < -0.3 is 0 Å². The van der Waals surface area contributed by atoms with Crippen molar-refractivity contribution < 1.29 is 9.59 Å². The number of imide groups is 1. The minimum Gasteiger partial charge on any atom is -0.271 e. The third-order valence-corrected chi connectivity index (χ3v) is 4.99. The quantitative estimate of drug-likeness (QED) is 0.801. The van der Waals surface area contributed by atoms with E-state index in [1.54, 1.807) is 17.1 Å². The zero-order valence-electron chi connectivity index (χ0n) is 15.0. The van der Waals surface area contributed by atoms with Gasteiger partial charge in [-0.2, -0.15) is 5.11 Å². The Hall–Kier alpha value is -3.02.